The summed E-state index contributed by atoms with van der Waals surface area (Å²) < 4.78 is 0. The summed E-state index contributed by atoms with van der Waals surface area (Å²) in [6.45, 7) is 8.73. The van der Waals surface area contributed by atoms with Crippen molar-refractivity contribution in [1.29, 1.82) is 0 Å². The molecule has 0 aromatic heterocycles. The van der Waals surface area contributed by atoms with Crippen LogP contribution in [-0.2, 0) is 0 Å². The second-order valence-corrected chi connectivity index (χ2v) is 10.1. The van der Waals surface area contributed by atoms with Crippen LogP contribution in [0.3, 0.4) is 0 Å². The molecule has 0 N–H and O–H groups in total. The van der Waals surface area contributed by atoms with E-state index in [9.17, 15) is 0 Å². The number of thioether (sulfide) groups is 2. The molecule has 8 nitrogen and oxygen atoms in total. The molecular formula is C15H28N8S2. The summed E-state index contributed by atoms with van der Waals surface area (Å²) in [6.07, 6.45) is 3.18. The van der Waals surface area contributed by atoms with Crippen LogP contribution in [0.5, 0.6) is 0 Å². The van der Waals surface area contributed by atoms with Crippen LogP contribution in [0.25, 0.3) is 0 Å². The number of hydrogen-bond donors (Lipinski definition) is 0. The molecule has 0 saturated heterocycles. The van der Waals surface area contributed by atoms with E-state index < -0.39 is 0 Å². The minimum atomic E-state index is -0.106. The fraction of sp³-hybridized carbons (Fsp3) is 1.00. The van der Waals surface area contributed by atoms with Crippen LogP contribution in [0.2, 0.25) is 0 Å². The lowest BCUT2D eigenvalue weighted by atomic mass is 9.87. The number of hydrogen-bond acceptors (Lipinski definition) is 10. The average Bonchev–Trinajstić information content (AvgIpc) is 3.26. The third-order valence-corrected chi connectivity index (χ3v) is 6.62. The van der Waals surface area contributed by atoms with Crippen molar-refractivity contribution in [3.8, 4) is 0 Å². The Morgan fingerprint density at radius 1 is 0.600 bits per heavy atom. The smallest absolute Gasteiger partial charge is 0.162 e. The number of nitrogens with zero attached hydrogens (tertiary/aromatic N) is 8. The molecule has 0 atom stereocenters. The average molecular weight is 385 g/mol. The SMILES string of the molecule is CC(C)(CCSCCCSCCC(C)(C)C1N=NN=N1)C1N=NN=N1. The van der Waals surface area contributed by atoms with Crippen LogP contribution in [-0.4, -0.2) is 35.3 Å². The van der Waals surface area contributed by atoms with Gasteiger partial charge in [0.15, 0.2) is 12.3 Å². The summed E-state index contributed by atoms with van der Waals surface area (Å²) in [5.74, 6) is 4.66. The van der Waals surface area contributed by atoms with Crippen molar-refractivity contribution in [3.63, 3.8) is 0 Å². The van der Waals surface area contributed by atoms with E-state index in [4.69, 9.17) is 0 Å². The number of rotatable bonds is 12. The monoisotopic (exact) mass is 384 g/mol. The molecule has 2 rings (SSSR count). The third-order valence-electron chi connectivity index (χ3n) is 4.48. The van der Waals surface area contributed by atoms with E-state index in [0.717, 1.165) is 24.3 Å². The lowest BCUT2D eigenvalue weighted by molar-refractivity contribution is 0.283. The van der Waals surface area contributed by atoms with Gasteiger partial charge in [-0.15, -0.1) is 20.5 Å². The quantitative estimate of drug-likeness (QED) is 0.386. The summed E-state index contributed by atoms with van der Waals surface area (Å²) >= 11 is 4.02. The minimum Gasteiger partial charge on any atom is -0.162 e. The summed E-state index contributed by atoms with van der Waals surface area (Å²) in [4.78, 5) is 0. The first kappa shape index (κ1) is 20.4. The highest BCUT2D eigenvalue weighted by Gasteiger charge is 2.32. The Labute approximate surface area is 158 Å². The van der Waals surface area contributed by atoms with E-state index in [1.165, 1.54) is 17.9 Å². The van der Waals surface area contributed by atoms with Crippen LogP contribution in [0.1, 0.15) is 47.0 Å². The van der Waals surface area contributed by atoms with Crippen LogP contribution in [0.4, 0.5) is 0 Å². The van der Waals surface area contributed by atoms with Crippen molar-refractivity contribution in [2.75, 3.05) is 23.0 Å². The van der Waals surface area contributed by atoms with E-state index >= 15 is 0 Å². The molecule has 0 aliphatic carbocycles. The maximum Gasteiger partial charge on any atom is 0.190 e. The van der Waals surface area contributed by atoms with Gasteiger partial charge in [0, 0.05) is 10.8 Å². The highest BCUT2D eigenvalue weighted by molar-refractivity contribution is 8.00. The molecule has 0 amide bonds. The van der Waals surface area contributed by atoms with Gasteiger partial charge in [0.2, 0.25) is 0 Å². The molecule has 0 radical (unpaired) electrons. The van der Waals surface area contributed by atoms with Gasteiger partial charge in [-0.1, -0.05) is 27.7 Å². The predicted molar refractivity (Wildman–Crippen MR) is 103 cm³/mol. The van der Waals surface area contributed by atoms with Crippen LogP contribution >= 0.6 is 23.5 Å². The maximum absolute atomic E-state index is 4.06. The molecule has 0 fully saturated rings. The van der Waals surface area contributed by atoms with Gasteiger partial charge < -0.3 is 0 Å². The summed E-state index contributed by atoms with van der Waals surface area (Å²) in [7, 11) is 0. The standard InChI is InChI=1S/C15H28N8S2/c1-14(2,12-16-20-21-17-12)6-10-24-8-5-9-25-11-7-15(3,4)13-18-22-23-19-13/h12-13H,5-11H2,1-4H3. The van der Waals surface area contributed by atoms with Crippen molar-refractivity contribution in [1.82, 2.24) is 0 Å². The Morgan fingerprint density at radius 2 is 0.960 bits per heavy atom. The van der Waals surface area contributed by atoms with Gasteiger partial charge in [0.1, 0.15) is 0 Å². The molecule has 10 heteroatoms. The van der Waals surface area contributed by atoms with Crippen LogP contribution in [0, 0.1) is 10.8 Å². The molecule has 0 aromatic rings. The second-order valence-electron chi connectivity index (χ2n) is 7.62. The Balaban J connectivity index is 1.46. The van der Waals surface area contributed by atoms with Gasteiger partial charge in [-0.05, 0) is 63.2 Å². The highest BCUT2D eigenvalue weighted by atomic mass is 32.2. The minimum absolute atomic E-state index is 0.0335. The molecule has 2 aliphatic rings. The molecule has 0 bridgehead atoms. The predicted octanol–water partition coefficient (Wildman–Crippen LogP) is 5.99. The largest absolute Gasteiger partial charge is 0.190 e. The van der Waals surface area contributed by atoms with Gasteiger partial charge in [0.05, 0.1) is 0 Å². The van der Waals surface area contributed by atoms with Crippen LogP contribution < -0.4 is 0 Å². The van der Waals surface area contributed by atoms with Crippen molar-refractivity contribution in [2.24, 2.45) is 52.2 Å². The Hall–Kier alpha value is -0.900. The Morgan fingerprint density at radius 3 is 1.32 bits per heavy atom. The van der Waals surface area contributed by atoms with Crippen molar-refractivity contribution < 1.29 is 0 Å². The maximum atomic E-state index is 4.06. The first-order valence-electron chi connectivity index (χ1n) is 8.67. The lowest BCUT2D eigenvalue weighted by Gasteiger charge is -2.25. The molecule has 0 aromatic carbocycles. The zero-order chi connectivity index (χ0) is 18.2. The van der Waals surface area contributed by atoms with Crippen LogP contribution in [0.15, 0.2) is 41.4 Å². The van der Waals surface area contributed by atoms with Gasteiger partial charge >= 0.3 is 0 Å². The normalized spacial score (nSPS) is 18.1. The Bertz CT molecular complexity index is 460. The molecule has 0 saturated carbocycles. The molecule has 140 valence electrons. The molecule has 2 heterocycles. The van der Waals surface area contributed by atoms with Gasteiger partial charge in [0.25, 0.3) is 0 Å². The van der Waals surface area contributed by atoms with Gasteiger partial charge in [-0.25, -0.2) is 0 Å². The summed E-state index contributed by atoms with van der Waals surface area (Å²) in [6, 6.07) is 0. The topological polar surface area (TPSA) is 98.9 Å². The zero-order valence-corrected chi connectivity index (χ0v) is 17.1. The molecule has 0 unspecified atom stereocenters. The molecule has 0 spiro atoms. The van der Waals surface area contributed by atoms with E-state index in [2.05, 4.69) is 69.0 Å². The Kier molecular flexibility index (Phi) is 7.92. The van der Waals surface area contributed by atoms with Gasteiger partial charge in [-0.3, -0.25) is 0 Å². The summed E-state index contributed by atoms with van der Waals surface area (Å²) in [5.41, 5.74) is 0.0670. The second kappa shape index (κ2) is 9.70. The van der Waals surface area contributed by atoms with Gasteiger partial charge in [-0.2, -0.15) is 23.5 Å². The van der Waals surface area contributed by atoms with Crippen molar-refractivity contribution in [3.05, 3.63) is 0 Å². The molecule has 2 aliphatic heterocycles. The van der Waals surface area contributed by atoms with E-state index in [-0.39, 0.29) is 23.2 Å². The lowest BCUT2D eigenvalue weighted by Crippen LogP contribution is -2.25. The van der Waals surface area contributed by atoms with Crippen molar-refractivity contribution >= 4 is 23.5 Å². The van der Waals surface area contributed by atoms with E-state index in [1.54, 1.807) is 0 Å². The highest BCUT2D eigenvalue weighted by Crippen LogP contribution is 2.34. The zero-order valence-electron chi connectivity index (χ0n) is 15.5. The molecule has 25 heavy (non-hydrogen) atoms. The fourth-order valence-electron chi connectivity index (χ4n) is 2.36. The summed E-state index contributed by atoms with van der Waals surface area (Å²) in [5, 5.41) is 30.7. The fourth-order valence-corrected chi connectivity index (χ4v) is 4.98. The molecular weight excluding hydrogens is 356 g/mol. The van der Waals surface area contributed by atoms with Crippen molar-refractivity contribution in [2.45, 2.75) is 59.3 Å². The van der Waals surface area contributed by atoms with E-state index in [1.807, 2.05) is 23.5 Å². The first-order valence-corrected chi connectivity index (χ1v) is 11.0. The van der Waals surface area contributed by atoms with E-state index in [0.29, 0.717) is 0 Å². The third kappa shape index (κ3) is 6.73. The first-order chi connectivity index (χ1) is 11.9.